The number of nitrogens with zero attached hydrogens (tertiary/aromatic N) is 1. The van der Waals surface area contributed by atoms with Gasteiger partial charge in [-0.3, -0.25) is 4.79 Å². The van der Waals surface area contributed by atoms with Crippen LogP contribution in [0, 0.1) is 19.0 Å². The number of hydrogen-bond acceptors (Lipinski definition) is 5. The zero-order valence-electron chi connectivity index (χ0n) is 16.3. The van der Waals surface area contributed by atoms with Gasteiger partial charge in [-0.2, -0.15) is 0 Å². The number of aromatic nitrogens is 1. The Kier molecular flexibility index (Phi) is 7.44. The third-order valence-corrected chi connectivity index (χ3v) is 4.04. The zero-order valence-corrected chi connectivity index (χ0v) is 16.3. The van der Waals surface area contributed by atoms with Gasteiger partial charge in [0.2, 0.25) is 11.8 Å². The predicted molar refractivity (Wildman–Crippen MR) is 103 cm³/mol. The van der Waals surface area contributed by atoms with Crippen molar-refractivity contribution in [2.75, 3.05) is 0 Å². The minimum Gasteiger partial charge on any atom is -0.407 e. The fraction of sp³-hybridized carbons (Fsp3) is 0.238. The van der Waals surface area contributed by atoms with Crippen LogP contribution in [0.25, 0.3) is 11.1 Å². The summed E-state index contributed by atoms with van der Waals surface area (Å²) in [5.41, 5.74) is 2.61. The number of benzene rings is 1. The number of amides is 1. The van der Waals surface area contributed by atoms with Crippen LogP contribution in [0.1, 0.15) is 23.6 Å². The van der Waals surface area contributed by atoms with Crippen molar-refractivity contribution in [3.05, 3.63) is 53.7 Å². The number of halogens is 3. The molecule has 1 heterocycles. The highest BCUT2D eigenvalue weighted by molar-refractivity contribution is 5.86. The zero-order chi connectivity index (χ0) is 22.3. The molecule has 1 amide bonds. The number of ether oxygens (including phenoxy) is 2. The van der Waals surface area contributed by atoms with Crippen LogP contribution in [0.15, 0.2) is 37.1 Å². The van der Waals surface area contributed by atoms with Gasteiger partial charge in [0.25, 0.3) is 0 Å². The Morgan fingerprint density at radius 3 is 2.67 bits per heavy atom. The smallest absolute Gasteiger partial charge is 0.407 e. The molecule has 1 aromatic carbocycles. The quantitative estimate of drug-likeness (QED) is 0.528. The number of carbonyl (C=O) groups excluding carboxylic acids is 1. The van der Waals surface area contributed by atoms with Gasteiger partial charge >= 0.3 is 6.36 Å². The van der Waals surface area contributed by atoms with E-state index < -0.39 is 18.1 Å². The van der Waals surface area contributed by atoms with Gasteiger partial charge in [0.15, 0.2) is 0 Å². The van der Waals surface area contributed by atoms with Gasteiger partial charge < -0.3 is 19.9 Å². The monoisotopic (exact) mass is 420 g/mol. The molecule has 2 N–H and O–H groups in total. The summed E-state index contributed by atoms with van der Waals surface area (Å²) in [7, 11) is 0. The van der Waals surface area contributed by atoms with Gasteiger partial charge in [0.05, 0.1) is 6.61 Å². The van der Waals surface area contributed by atoms with Crippen molar-refractivity contribution in [2.45, 2.75) is 33.4 Å². The standard InChI is InChI=1S/C21H19F3N2O4/c1-4-8-29-20-13(3)16(9-15(17(20)12-27)11-25-18(28)5-2)14-6-7-19(26-10-14)30-21(22,23)24/h5-7,9-10,27H,2,11-12H2,1,3H3,(H,25,28). The molecule has 0 aliphatic rings. The van der Waals surface area contributed by atoms with Crippen LogP contribution in [0.2, 0.25) is 0 Å². The number of aliphatic hydroxyl groups is 1. The average molecular weight is 420 g/mol. The van der Waals surface area contributed by atoms with E-state index >= 15 is 0 Å². The van der Waals surface area contributed by atoms with Gasteiger partial charge in [0.1, 0.15) is 11.9 Å². The second-order valence-corrected chi connectivity index (χ2v) is 5.98. The molecule has 6 nitrogen and oxygen atoms in total. The predicted octanol–water partition coefficient (Wildman–Crippen LogP) is 3.61. The molecule has 0 fully saturated rings. The number of rotatable bonds is 7. The lowest BCUT2D eigenvalue weighted by Crippen LogP contribution is -2.21. The summed E-state index contributed by atoms with van der Waals surface area (Å²) in [5, 5.41) is 12.5. The number of hydrogen-bond donors (Lipinski definition) is 2. The highest BCUT2D eigenvalue weighted by Crippen LogP contribution is 2.36. The first-order valence-electron chi connectivity index (χ1n) is 8.67. The number of nitrogens with one attached hydrogen (secondary N) is 1. The Labute approximate surface area is 171 Å². The summed E-state index contributed by atoms with van der Waals surface area (Å²) < 4.78 is 46.4. The van der Waals surface area contributed by atoms with E-state index in [1.807, 2.05) is 0 Å². The van der Waals surface area contributed by atoms with Crippen LogP contribution < -0.4 is 14.8 Å². The van der Waals surface area contributed by atoms with Gasteiger partial charge in [0, 0.05) is 42.4 Å². The van der Waals surface area contributed by atoms with Crippen molar-refractivity contribution in [2.24, 2.45) is 0 Å². The number of pyridine rings is 1. The topological polar surface area (TPSA) is 80.7 Å². The SMILES string of the molecule is C=CC(=O)NCc1cc(-c2ccc(OC(F)(F)F)nc2)c(C)c(OC#CC)c1CO. The minimum absolute atomic E-state index is 0.0621. The van der Waals surface area contributed by atoms with Crippen LogP contribution in [-0.4, -0.2) is 22.4 Å². The van der Waals surface area contributed by atoms with Gasteiger partial charge in [-0.1, -0.05) is 12.5 Å². The molecule has 30 heavy (non-hydrogen) atoms. The number of aliphatic hydroxyl groups excluding tert-OH is 1. The van der Waals surface area contributed by atoms with E-state index in [1.165, 1.54) is 12.3 Å². The van der Waals surface area contributed by atoms with Crippen LogP contribution in [0.4, 0.5) is 13.2 Å². The van der Waals surface area contributed by atoms with E-state index in [1.54, 1.807) is 19.9 Å². The molecule has 158 valence electrons. The molecular weight excluding hydrogens is 401 g/mol. The molecule has 0 saturated carbocycles. The lowest BCUT2D eigenvalue weighted by molar-refractivity contribution is -0.276. The minimum atomic E-state index is -4.84. The summed E-state index contributed by atoms with van der Waals surface area (Å²) in [6.07, 6.45) is -0.0383. The molecule has 0 atom stereocenters. The first-order valence-corrected chi connectivity index (χ1v) is 8.67. The molecule has 2 aromatic rings. The maximum atomic E-state index is 12.4. The lowest BCUT2D eigenvalue weighted by Gasteiger charge is -2.18. The van der Waals surface area contributed by atoms with Crippen LogP contribution >= 0.6 is 0 Å². The molecule has 0 saturated heterocycles. The maximum absolute atomic E-state index is 12.4. The molecular formula is C21H19F3N2O4. The van der Waals surface area contributed by atoms with Crippen molar-refractivity contribution >= 4 is 5.91 Å². The molecule has 0 spiro atoms. The molecule has 2 rings (SSSR count). The molecule has 0 aliphatic heterocycles. The number of alkyl halides is 3. The second kappa shape index (κ2) is 9.80. The van der Waals surface area contributed by atoms with Crippen molar-refractivity contribution in [3.8, 4) is 34.8 Å². The summed E-state index contributed by atoms with van der Waals surface area (Å²) in [6.45, 7) is 6.36. The van der Waals surface area contributed by atoms with E-state index in [9.17, 15) is 23.1 Å². The second-order valence-electron chi connectivity index (χ2n) is 5.98. The third kappa shape index (κ3) is 5.75. The van der Waals surface area contributed by atoms with Gasteiger partial charge in [-0.15, -0.1) is 13.2 Å². The van der Waals surface area contributed by atoms with E-state index in [0.29, 0.717) is 33.6 Å². The largest absolute Gasteiger partial charge is 0.574 e. The van der Waals surface area contributed by atoms with Crippen molar-refractivity contribution in [3.63, 3.8) is 0 Å². The first-order chi connectivity index (χ1) is 14.2. The van der Waals surface area contributed by atoms with Crippen LogP contribution in [-0.2, 0) is 17.9 Å². The normalized spacial score (nSPS) is 10.6. The third-order valence-electron chi connectivity index (χ3n) is 4.04. The first kappa shape index (κ1) is 22.8. The highest BCUT2D eigenvalue weighted by Gasteiger charge is 2.31. The lowest BCUT2D eigenvalue weighted by atomic mass is 9.94. The summed E-state index contributed by atoms with van der Waals surface area (Å²) in [5.74, 6) is 1.88. The fourth-order valence-corrected chi connectivity index (χ4v) is 2.71. The summed E-state index contributed by atoms with van der Waals surface area (Å²) in [4.78, 5) is 15.2. The Morgan fingerprint density at radius 1 is 1.40 bits per heavy atom. The van der Waals surface area contributed by atoms with E-state index in [4.69, 9.17) is 4.74 Å². The van der Waals surface area contributed by atoms with E-state index in [2.05, 4.69) is 33.6 Å². The Morgan fingerprint density at radius 2 is 2.13 bits per heavy atom. The average Bonchev–Trinajstić information content (AvgIpc) is 2.70. The molecule has 0 bridgehead atoms. The Hall–Kier alpha value is -3.51. The molecule has 0 radical (unpaired) electrons. The fourth-order valence-electron chi connectivity index (χ4n) is 2.71. The van der Waals surface area contributed by atoms with Gasteiger partial charge in [-0.05, 0) is 36.3 Å². The molecule has 9 heteroatoms. The van der Waals surface area contributed by atoms with Crippen molar-refractivity contribution < 1.29 is 32.5 Å². The Bertz CT molecular complexity index is 991. The molecule has 1 aromatic heterocycles. The Balaban J connectivity index is 2.55. The van der Waals surface area contributed by atoms with Crippen molar-refractivity contribution in [1.82, 2.24) is 10.3 Å². The van der Waals surface area contributed by atoms with Crippen LogP contribution in [0.5, 0.6) is 11.6 Å². The highest BCUT2D eigenvalue weighted by atomic mass is 19.4. The maximum Gasteiger partial charge on any atom is 0.574 e. The number of carbonyl (C=O) groups is 1. The van der Waals surface area contributed by atoms with E-state index in [-0.39, 0.29) is 13.2 Å². The van der Waals surface area contributed by atoms with Crippen molar-refractivity contribution in [1.29, 1.82) is 0 Å². The molecule has 0 aliphatic carbocycles. The van der Waals surface area contributed by atoms with Gasteiger partial charge in [-0.25, -0.2) is 4.98 Å². The van der Waals surface area contributed by atoms with E-state index in [0.717, 1.165) is 12.1 Å². The van der Waals surface area contributed by atoms with Crippen LogP contribution in [0.3, 0.4) is 0 Å². The summed E-state index contributed by atoms with van der Waals surface area (Å²) >= 11 is 0. The molecule has 0 unspecified atom stereocenters. The summed E-state index contributed by atoms with van der Waals surface area (Å²) in [6, 6.07) is 4.20.